The Bertz CT molecular complexity index is 1060. The average Bonchev–Trinajstić information content (AvgIpc) is 2.67. The predicted octanol–water partition coefficient (Wildman–Crippen LogP) is 5.27. The van der Waals surface area contributed by atoms with Crippen LogP contribution in [0.25, 0.3) is 22.0 Å². The summed E-state index contributed by atoms with van der Waals surface area (Å²) < 4.78 is 5.56. The molecule has 4 N–H and O–H groups in total. The number of fused-ring (bicyclic) bond motifs is 1. The molecule has 0 aliphatic carbocycles. The first kappa shape index (κ1) is 21.2. The van der Waals surface area contributed by atoms with E-state index in [1.807, 2.05) is 51.1 Å². The smallest absolute Gasteiger partial charge is 0.409 e. The number of benzene rings is 2. The molecule has 0 radical (unpaired) electrons. The van der Waals surface area contributed by atoms with Crippen LogP contribution in [0.5, 0.6) is 5.75 Å². The highest BCUT2D eigenvalue weighted by Crippen LogP contribution is 2.41. The minimum absolute atomic E-state index is 0.180. The van der Waals surface area contributed by atoms with Crippen LogP contribution in [-0.2, 0) is 5.88 Å². The highest BCUT2D eigenvalue weighted by atomic mass is 35.5. The third kappa shape index (κ3) is 4.90. The Labute approximate surface area is 179 Å². The number of amides is 1. The molecular formula is C21H22Cl2N4O2. The van der Waals surface area contributed by atoms with E-state index < -0.39 is 6.09 Å². The van der Waals surface area contributed by atoms with Gasteiger partial charge in [-0.2, -0.15) is 0 Å². The largest absolute Gasteiger partial charge is 0.427 e. The number of pyridine rings is 1. The van der Waals surface area contributed by atoms with Crippen molar-refractivity contribution in [3.8, 4) is 16.9 Å². The molecule has 3 aromatic rings. The van der Waals surface area contributed by atoms with Crippen molar-refractivity contribution in [1.29, 1.82) is 0 Å². The summed E-state index contributed by atoms with van der Waals surface area (Å²) in [5.41, 5.74) is 14.5. The number of para-hydroxylation sites is 1. The van der Waals surface area contributed by atoms with Gasteiger partial charge in [-0.3, -0.25) is 5.43 Å². The van der Waals surface area contributed by atoms with Gasteiger partial charge in [-0.1, -0.05) is 35.9 Å². The summed E-state index contributed by atoms with van der Waals surface area (Å²) in [7, 11) is 0. The van der Waals surface area contributed by atoms with E-state index in [0.29, 0.717) is 34.0 Å². The Morgan fingerprint density at radius 2 is 1.93 bits per heavy atom. The number of carbonyl (C=O) groups is 1. The number of nitrogens with zero attached hydrogens (tertiary/aromatic N) is 1. The molecule has 0 bridgehead atoms. The fourth-order valence-electron chi connectivity index (χ4n) is 2.80. The fourth-order valence-corrected chi connectivity index (χ4v) is 3.15. The number of ether oxygens (including phenoxy) is 1. The molecule has 0 saturated heterocycles. The zero-order valence-corrected chi connectivity index (χ0v) is 17.9. The summed E-state index contributed by atoms with van der Waals surface area (Å²) in [6.45, 7) is 5.75. The number of anilines is 1. The molecule has 0 atom stereocenters. The van der Waals surface area contributed by atoms with Crippen LogP contribution in [-0.4, -0.2) is 16.6 Å². The molecule has 8 heteroatoms. The number of halogens is 2. The molecule has 0 saturated carbocycles. The zero-order valence-electron chi connectivity index (χ0n) is 16.3. The quantitative estimate of drug-likeness (QED) is 0.296. The first-order valence-corrected chi connectivity index (χ1v) is 9.89. The third-order valence-corrected chi connectivity index (χ3v) is 4.69. The lowest BCUT2D eigenvalue weighted by Gasteiger charge is -2.21. The molecule has 0 unspecified atom stereocenters. The van der Waals surface area contributed by atoms with Crippen LogP contribution >= 0.6 is 23.2 Å². The van der Waals surface area contributed by atoms with Gasteiger partial charge in [0.15, 0.2) is 5.15 Å². The van der Waals surface area contributed by atoms with Gasteiger partial charge in [0.25, 0.3) is 0 Å². The molecule has 152 valence electrons. The molecule has 0 spiro atoms. The van der Waals surface area contributed by atoms with Crippen molar-refractivity contribution in [3.05, 3.63) is 53.2 Å². The average molecular weight is 433 g/mol. The first-order chi connectivity index (χ1) is 13.7. The van der Waals surface area contributed by atoms with E-state index in [9.17, 15) is 4.79 Å². The normalized spacial score (nSPS) is 11.5. The second kappa shape index (κ2) is 8.45. The molecule has 2 aromatic carbocycles. The number of hydrogen-bond donors (Lipinski definition) is 3. The Balaban J connectivity index is 2.11. The molecule has 3 rings (SSSR count). The van der Waals surface area contributed by atoms with E-state index in [4.69, 9.17) is 33.7 Å². The van der Waals surface area contributed by atoms with Gasteiger partial charge in [0.05, 0.1) is 11.2 Å². The zero-order chi connectivity index (χ0) is 21.2. The van der Waals surface area contributed by atoms with Gasteiger partial charge < -0.3 is 10.5 Å². The number of alkyl halides is 1. The Hall–Kier alpha value is -2.54. The number of nitrogen functional groups attached to an aromatic ring is 1. The molecule has 6 nitrogen and oxygen atoms in total. The lowest BCUT2D eigenvalue weighted by molar-refractivity contribution is 0.188. The molecule has 1 heterocycles. The van der Waals surface area contributed by atoms with Crippen molar-refractivity contribution < 1.29 is 9.53 Å². The summed E-state index contributed by atoms with van der Waals surface area (Å²) in [6.07, 6.45) is -0.650. The summed E-state index contributed by atoms with van der Waals surface area (Å²) in [5, 5.41) is 0.971. The van der Waals surface area contributed by atoms with Gasteiger partial charge in [-0.05, 0) is 44.5 Å². The number of nitrogens with two attached hydrogens (primary N) is 1. The van der Waals surface area contributed by atoms with Crippen LogP contribution in [0.3, 0.4) is 0 Å². The summed E-state index contributed by atoms with van der Waals surface area (Å²) in [4.78, 5) is 16.7. The van der Waals surface area contributed by atoms with Gasteiger partial charge in [0.2, 0.25) is 0 Å². The number of hydrogen-bond acceptors (Lipinski definition) is 5. The first-order valence-electron chi connectivity index (χ1n) is 8.97. The van der Waals surface area contributed by atoms with E-state index in [2.05, 4.69) is 15.8 Å². The van der Waals surface area contributed by atoms with E-state index in [1.165, 1.54) is 0 Å². The minimum Gasteiger partial charge on any atom is -0.409 e. The van der Waals surface area contributed by atoms with E-state index >= 15 is 0 Å². The number of nitrogens with one attached hydrogen (secondary N) is 2. The molecular weight excluding hydrogens is 411 g/mol. The standard InChI is InChI=1S/C21H22Cl2N4O2/c1-21(2,3)27-26-20(28)29-16-9-8-12(11-22)10-14(16)17-13-6-4-5-7-15(13)25-19(23)18(17)24/h4-10,27H,11,24H2,1-3H3,(H,26,28). The van der Waals surface area contributed by atoms with Crippen molar-refractivity contribution in [1.82, 2.24) is 15.8 Å². The van der Waals surface area contributed by atoms with Gasteiger partial charge in [0.1, 0.15) is 5.75 Å². The van der Waals surface area contributed by atoms with E-state index in [-0.39, 0.29) is 10.7 Å². The van der Waals surface area contributed by atoms with Crippen LogP contribution in [0.15, 0.2) is 42.5 Å². The summed E-state index contributed by atoms with van der Waals surface area (Å²) in [6, 6.07) is 12.8. The van der Waals surface area contributed by atoms with Crippen molar-refractivity contribution in [2.24, 2.45) is 0 Å². The van der Waals surface area contributed by atoms with Crippen LogP contribution in [0.1, 0.15) is 26.3 Å². The lowest BCUT2D eigenvalue weighted by Crippen LogP contribution is -2.49. The van der Waals surface area contributed by atoms with Crippen LogP contribution < -0.4 is 21.3 Å². The van der Waals surface area contributed by atoms with Crippen molar-refractivity contribution in [2.45, 2.75) is 32.2 Å². The monoisotopic (exact) mass is 432 g/mol. The Morgan fingerprint density at radius 3 is 2.62 bits per heavy atom. The lowest BCUT2D eigenvalue weighted by atomic mass is 9.97. The van der Waals surface area contributed by atoms with Crippen molar-refractivity contribution >= 4 is 45.9 Å². The molecule has 1 amide bonds. The SMILES string of the molecule is CC(C)(C)NNC(=O)Oc1ccc(CCl)cc1-c1c(N)c(Cl)nc2ccccc12. The van der Waals surface area contributed by atoms with Crippen LogP contribution in [0.4, 0.5) is 10.5 Å². The molecule has 29 heavy (non-hydrogen) atoms. The highest BCUT2D eigenvalue weighted by molar-refractivity contribution is 6.33. The summed E-state index contributed by atoms with van der Waals surface area (Å²) >= 11 is 12.3. The number of aromatic nitrogens is 1. The predicted molar refractivity (Wildman–Crippen MR) is 118 cm³/mol. The second-order valence-corrected chi connectivity index (χ2v) is 8.19. The number of hydrazine groups is 1. The molecule has 1 aromatic heterocycles. The Kier molecular flexibility index (Phi) is 6.17. The summed E-state index contributed by atoms with van der Waals surface area (Å²) in [5.74, 6) is 0.619. The van der Waals surface area contributed by atoms with Gasteiger partial charge >= 0.3 is 6.09 Å². The van der Waals surface area contributed by atoms with Crippen molar-refractivity contribution in [3.63, 3.8) is 0 Å². The molecule has 0 aliphatic heterocycles. The maximum Gasteiger partial charge on any atom is 0.427 e. The van der Waals surface area contributed by atoms with Gasteiger partial charge in [0, 0.05) is 27.9 Å². The fraction of sp³-hybridized carbons (Fsp3) is 0.238. The maximum atomic E-state index is 12.3. The van der Waals surface area contributed by atoms with E-state index in [1.54, 1.807) is 12.1 Å². The minimum atomic E-state index is -0.650. The molecule has 0 aliphatic rings. The number of carbonyl (C=O) groups excluding carboxylic acids is 1. The Morgan fingerprint density at radius 1 is 1.21 bits per heavy atom. The topological polar surface area (TPSA) is 89.3 Å². The van der Waals surface area contributed by atoms with Gasteiger partial charge in [-0.15, -0.1) is 11.6 Å². The van der Waals surface area contributed by atoms with Crippen molar-refractivity contribution in [2.75, 3.05) is 5.73 Å². The number of rotatable bonds is 4. The highest BCUT2D eigenvalue weighted by Gasteiger charge is 2.20. The maximum absolute atomic E-state index is 12.3. The molecule has 0 fully saturated rings. The second-order valence-electron chi connectivity index (χ2n) is 7.56. The van der Waals surface area contributed by atoms with Crippen LogP contribution in [0.2, 0.25) is 5.15 Å². The van der Waals surface area contributed by atoms with Gasteiger partial charge in [-0.25, -0.2) is 15.2 Å². The van der Waals surface area contributed by atoms with E-state index in [0.717, 1.165) is 10.9 Å². The van der Waals surface area contributed by atoms with Crippen LogP contribution in [0, 0.1) is 0 Å². The third-order valence-electron chi connectivity index (χ3n) is 4.09.